The third kappa shape index (κ3) is 3.70. The van der Waals surface area contributed by atoms with Gasteiger partial charge in [-0.1, -0.05) is 6.92 Å². The maximum Gasteiger partial charge on any atom is 0.255 e. The highest BCUT2D eigenvalue weighted by molar-refractivity contribution is 5.94. The number of amides is 1. The predicted octanol–water partition coefficient (Wildman–Crippen LogP) is 1.36. The van der Waals surface area contributed by atoms with Crippen molar-refractivity contribution >= 4 is 11.7 Å². The molecule has 0 aliphatic rings. The van der Waals surface area contributed by atoms with Gasteiger partial charge in [0.1, 0.15) is 5.82 Å². The fraction of sp³-hybridized carbons (Fsp3) is 0.538. The molecular formula is C13H21N3O2. The fourth-order valence-electron chi connectivity index (χ4n) is 1.40. The Kier molecular flexibility index (Phi) is 5.58. The topological polar surface area (TPSA) is 65.5 Å². The zero-order chi connectivity index (χ0) is 13.5. The van der Waals surface area contributed by atoms with E-state index in [4.69, 9.17) is 5.11 Å². The van der Waals surface area contributed by atoms with E-state index in [2.05, 4.69) is 17.2 Å². The third-order valence-corrected chi connectivity index (χ3v) is 2.81. The second kappa shape index (κ2) is 6.96. The maximum atomic E-state index is 12.0. The van der Waals surface area contributed by atoms with Crippen LogP contribution in [-0.4, -0.2) is 47.1 Å². The average molecular weight is 251 g/mol. The van der Waals surface area contributed by atoms with Crippen LogP contribution in [0.3, 0.4) is 0 Å². The Morgan fingerprint density at radius 1 is 1.56 bits per heavy atom. The van der Waals surface area contributed by atoms with Gasteiger partial charge in [0.15, 0.2) is 0 Å². The monoisotopic (exact) mass is 251 g/mol. The first-order chi connectivity index (χ1) is 8.60. The molecule has 0 fully saturated rings. The third-order valence-electron chi connectivity index (χ3n) is 2.81. The Morgan fingerprint density at radius 3 is 2.78 bits per heavy atom. The molecule has 1 aromatic rings. The number of aromatic nitrogens is 1. The highest BCUT2D eigenvalue weighted by atomic mass is 16.3. The van der Waals surface area contributed by atoms with Gasteiger partial charge in [-0.25, -0.2) is 4.98 Å². The number of carbonyl (C=O) groups is 1. The Hall–Kier alpha value is -1.62. The van der Waals surface area contributed by atoms with Crippen LogP contribution < -0.4 is 5.32 Å². The molecule has 0 saturated heterocycles. The minimum atomic E-state index is -0.199. The minimum absolute atomic E-state index is 0.0498. The molecule has 1 aromatic heterocycles. The van der Waals surface area contributed by atoms with Crippen LogP contribution in [0.2, 0.25) is 0 Å². The van der Waals surface area contributed by atoms with Gasteiger partial charge < -0.3 is 15.3 Å². The van der Waals surface area contributed by atoms with Crippen molar-refractivity contribution in [2.75, 3.05) is 25.5 Å². The van der Waals surface area contributed by atoms with E-state index in [1.165, 1.54) is 4.90 Å². The maximum absolute atomic E-state index is 12.0. The minimum Gasteiger partial charge on any atom is -0.394 e. The zero-order valence-corrected chi connectivity index (χ0v) is 11.2. The summed E-state index contributed by atoms with van der Waals surface area (Å²) < 4.78 is 0. The molecular weight excluding hydrogens is 230 g/mol. The van der Waals surface area contributed by atoms with Gasteiger partial charge >= 0.3 is 0 Å². The number of aliphatic hydroxyl groups is 1. The second-order valence-corrected chi connectivity index (χ2v) is 4.31. The molecule has 1 heterocycles. The molecule has 1 unspecified atom stereocenters. The van der Waals surface area contributed by atoms with Crippen LogP contribution >= 0.6 is 0 Å². The quantitative estimate of drug-likeness (QED) is 0.801. The number of anilines is 1. The van der Waals surface area contributed by atoms with Gasteiger partial charge in [0.2, 0.25) is 0 Å². The lowest BCUT2D eigenvalue weighted by atomic mass is 10.2. The molecule has 0 radical (unpaired) electrons. The van der Waals surface area contributed by atoms with Crippen molar-refractivity contribution in [3.8, 4) is 0 Å². The number of hydrogen-bond acceptors (Lipinski definition) is 4. The Morgan fingerprint density at radius 2 is 2.28 bits per heavy atom. The number of aliphatic hydroxyl groups excluding tert-OH is 1. The molecule has 0 aromatic carbocycles. The summed E-state index contributed by atoms with van der Waals surface area (Å²) >= 11 is 0. The number of nitrogens with zero attached hydrogens (tertiary/aromatic N) is 2. The van der Waals surface area contributed by atoms with Crippen LogP contribution in [0.15, 0.2) is 18.3 Å². The van der Waals surface area contributed by atoms with E-state index in [-0.39, 0.29) is 18.6 Å². The molecule has 1 atom stereocenters. The Bertz CT molecular complexity index is 378. The van der Waals surface area contributed by atoms with Crippen molar-refractivity contribution in [1.29, 1.82) is 0 Å². The highest BCUT2D eigenvalue weighted by Crippen LogP contribution is 2.09. The van der Waals surface area contributed by atoms with Gasteiger partial charge in [0, 0.05) is 19.8 Å². The first-order valence-corrected chi connectivity index (χ1v) is 6.18. The molecule has 5 heteroatoms. The van der Waals surface area contributed by atoms with Gasteiger partial charge in [0.25, 0.3) is 5.91 Å². The summed E-state index contributed by atoms with van der Waals surface area (Å²) in [5.41, 5.74) is 0.528. The summed E-state index contributed by atoms with van der Waals surface area (Å²) in [6.07, 6.45) is 2.58. The molecule has 2 N–H and O–H groups in total. The Balaban J connectivity index is 2.69. The van der Waals surface area contributed by atoms with Gasteiger partial charge in [-0.05, 0) is 25.5 Å². The SMILES string of the molecule is CCCNc1ccc(C(=O)N(C)C(C)CO)cn1. The number of rotatable bonds is 6. The van der Waals surface area contributed by atoms with Crippen LogP contribution in [0.1, 0.15) is 30.6 Å². The van der Waals surface area contributed by atoms with Gasteiger partial charge in [0.05, 0.1) is 18.2 Å². The van der Waals surface area contributed by atoms with Crippen molar-refractivity contribution in [3.63, 3.8) is 0 Å². The van der Waals surface area contributed by atoms with E-state index >= 15 is 0 Å². The van der Waals surface area contributed by atoms with Crippen LogP contribution in [-0.2, 0) is 0 Å². The van der Waals surface area contributed by atoms with Gasteiger partial charge in [-0.15, -0.1) is 0 Å². The summed E-state index contributed by atoms with van der Waals surface area (Å²) in [5, 5.41) is 12.2. The van der Waals surface area contributed by atoms with Crippen molar-refractivity contribution < 1.29 is 9.90 Å². The standard InChI is InChI=1S/C13H21N3O2/c1-4-7-14-12-6-5-11(8-15-12)13(18)16(3)10(2)9-17/h5-6,8,10,17H,4,7,9H2,1-3H3,(H,14,15). The van der Waals surface area contributed by atoms with E-state index in [0.717, 1.165) is 18.8 Å². The van der Waals surface area contributed by atoms with Crippen molar-refractivity contribution in [2.24, 2.45) is 0 Å². The van der Waals surface area contributed by atoms with E-state index in [1.807, 2.05) is 0 Å². The molecule has 1 amide bonds. The van der Waals surface area contributed by atoms with Gasteiger partial charge in [-0.2, -0.15) is 0 Å². The summed E-state index contributed by atoms with van der Waals surface area (Å²) in [6, 6.07) is 3.34. The predicted molar refractivity (Wildman–Crippen MR) is 71.7 cm³/mol. The van der Waals surface area contributed by atoms with Crippen molar-refractivity contribution in [3.05, 3.63) is 23.9 Å². The molecule has 5 nitrogen and oxygen atoms in total. The zero-order valence-electron chi connectivity index (χ0n) is 11.2. The van der Waals surface area contributed by atoms with E-state index < -0.39 is 0 Å². The van der Waals surface area contributed by atoms with Crippen molar-refractivity contribution in [1.82, 2.24) is 9.88 Å². The smallest absolute Gasteiger partial charge is 0.255 e. The molecule has 0 spiro atoms. The van der Waals surface area contributed by atoms with Crippen LogP contribution in [0.25, 0.3) is 0 Å². The lowest BCUT2D eigenvalue weighted by Crippen LogP contribution is -2.37. The highest BCUT2D eigenvalue weighted by Gasteiger charge is 2.16. The first kappa shape index (κ1) is 14.4. The molecule has 0 aliphatic carbocycles. The summed E-state index contributed by atoms with van der Waals surface area (Å²) in [4.78, 5) is 17.7. The lowest BCUT2D eigenvalue weighted by molar-refractivity contribution is 0.0682. The number of pyridine rings is 1. The molecule has 1 rings (SSSR count). The van der Waals surface area contributed by atoms with Crippen LogP contribution in [0.4, 0.5) is 5.82 Å². The fourth-order valence-corrected chi connectivity index (χ4v) is 1.40. The molecule has 0 bridgehead atoms. The number of hydrogen-bond donors (Lipinski definition) is 2. The van der Waals surface area contributed by atoms with E-state index in [0.29, 0.717) is 5.56 Å². The Labute approximate surface area is 108 Å². The number of nitrogens with one attached hydrogen (secondary N) is 1. The normalized spacial score (nSPS) is 12.0. The molecule has 100 valence electrons. The van der Waals surface area contributed by atoms with E-state index in [9.17, 15) is 4.79 Å². The summed E-state index contributed by atoms with van der Waals surface area (Å²) in [5.74, 6) is 0.636. The summed E-state index contributed by atoms with van der Waals surface area (Å²) in [7, 11) is 1.67. The lowest BCUT2D eigenvalue weighted by Gasteiger charge is -2.23. The largest absolute Gasteiger partial charge is 0.394 e. The van der Waals surface area contributed by atoms with E-state index in [1.54, 1.807) is 32.3 Å². The number of carbonyl (C=O) groups excluding carboxylic acids is 1. The van der Waals surface area contributed by atoms with Gasteiger partial charge in [-0.3, -0.25) is 4.79 Å². The molecule has 18 heavy (non-hydrogen) atoms. The average Bonchev–Trinajstić information content (AvgIpc) is 2.43. The van der Waals surface area contributed by atoms with Crippen molar-refractivity contribution in [2.45, 2.75) is 26.3 Å². The van der Waals surface area contributed by atoms with Crippen LogP contribution in [0, 0.1) is 0 Å². The molecule has 0 aliphatic heterocycles. The first-order valence-electron chi connectivity index (χ1n) is 6.18. The molecule has 0 saturated carbocycles. The second-order valence-electron chi connectivity index (χ2n) is 4.31. The van der Waals surface area contributed by atoms with Crippen LogP contribution in [0.5, 0.6) is 0 Å². The summed E-state index contributed by atoms with van der Waals surface area (Å²) in [6.45, 7) is 4.69. The number of likely N-dealkylation sites (N-methyl/N-ethyl adjacent to an activating group) is 1.